The van der Waals surface area contributed by atoms with E-state index in [0.29, 0.717) is 12.0 Å². The predicted molar refractivity (Wildman–Crippen MR) is 80.8 cm³/mol. The molecule has 0 unspecified atom stereocenters. The van der Waals surface area contributed by atoms with Gasteiger partial charge in [-0.05, 0) is 43.7 Å². The van der Waals surface area contributed by atoms with E-state index in [4.69, 9.17) is 4.74 Å². The molecule has 0 aromatic heterocycles. The van der Waals surface area contributed by atoms with Gasteiger partial charge in [-0.25, -0.2) is 0 Å². The highest BCUT2D eigenvalue weighted by atomic mass is 16.5. The van der Waals surface area contributed by atoms with Crippen LogP contribution in [0.2, 0.25) is 0 Å². The van der Waals surface area contributed by atoms with Gasteiger partial charge in [0.15, 0.2) is 0 Å². The molecule has 4 heteroatoms. The number of carbonyl (C=O) groups excluding carboxylic acids is 1. The van der Waals surface area contributed by atoms with E-state index < -0.39 is 0 Å². The monoisotopic (exact) mass is 276 g/mol. The van der Waals surface area contributed by atoms with Crippen LogP contribution in [0, 0.1) is 12.3 Å². The number of aryl methyl sites for hydroxylation is 1. The fourth-order valence-corrected chi connectivity index (χ4v) is 2.29. The molecule has 1 aromatic carbocycles. The summed E-state index contributed by atoms with van der Waals surface area (Å²) < 4.78 is 5.13. The van der Waals surface area contributed by atoms with Crippen molar-refractivity contribution in [1.82, 2.24) is 5.32 Å². The summed E-state index contributed by atoms with van der Waals surface area (Å²) in [7, 11) is 1.73. The first kappa shape index (κ1) is 15.0. The van der Waals surface area contributed by atoms with Gasteiger partial charge in [0.05, 0.1) is 6.54 Å². The third kappa shape index (κ3) is 4.62. The first-order chi connectivity index (χ1) is 9.63. The Morgan fingerprint density at radius 2 is 2.00 bits per heavy atom. The maximum Gasteiger partial charge on any atom is 0.238 e. The van der Waals surface area contributed by atoms with E-state index >= 15 is 0 Å². The first-order valence-corrected chi connectivity index (χ1v) is 7.20. The molecule has 110 valence electrons. The van der Waals surface area contributed by atoms with Crippen molar-refractivity contribution in [3.63, 3.8) is 0 Å². The van der Waals surface area contributed by atoms with E-state index in [-0.39, 0.29) is 5.91 Å². The average Bonchev–Trinajstić information content (AvgIpc) is 3.20. The number of hydrogen-bond acceptors (Lipinski definition) is 3. The van der Waals surface area contributed by atoms with Crippen LogP contribution in [0.25, 0.3) is 0 Å². The van der Waals surface area contributed by atoms with Gasteiger partial charge in [-0.15, -0.1) is 0 Å². The van der Waals surface area contributed by atoms with Gasteiger partial charge in [0.1, 0.15) is 0 Å². The number of methoxy groups -OCH3 is 1. The van der Waals surface area contributed by atoms with Gasteiger partial charge < -0.3 is 15.4 Å². The van der Waals surface area contributed by atoms with E-state index in [1.807, 2.05) is 31.2 Å². The number of amides is 1. The third-order valence-electron chi connectivity index (χ3n) is 3.91. The number of benzene rings is 1. The quantitative estimate of drug-likeness (QED) is 0.766. The molecule has 0 bridgehead atoms. The largest absolute Gasteiger partial charge is 0.385 e. The maximum absolute atomic E-state index is 11.8. The lowest BCUT2D eigenvalue weighted by Crippen LogP contribution is -2.32. The Morgan fingerprint density at radius 3 is 2.60 bits per heavy atom. The number of ether oxygens (including phenoxy) is 1. The van der Waals surface area contributed by atoms with Crippen molar-refractivity contribution in [2.24, 2.45) is 5.41 Å². The molecule has 0 heterocycles. The molecule has 20 heavy (non-hydrogen) atoms. The molecule has 0 radical (unpaired) electrons. The van der Waals surface area contributed by atoms with Crippen molar-refractivity contribution < 1.29 is 9.53 Å². The Labute approximate surface area is 120 Å². The van der Waals surface area contributed by atoms with Gasteiger partial charge >= 0.3 is 0 Å². The van der Waals surface area contributed by atoms with Crippen molar-refractivity contribution in [2.75, 3.05) is 32.1 Å². The second-order valence-electron chi connectivity index (χ2n) is 5.76. The second-order valence-corrected chi connectivity index (χ2v) is 5.76. The van der Waals surface area contributed by atoms with Crippen LogP contribution in [0.4, 0.5) is 5.69 Å². The fraction of sp³-hybridized carbons (Fsp3) is 0.562. The Hall–Kier alpha value is -1.39. The topological polar surface area (TPSA) is 50.4 Å². The van der Waals surface area contributed by atoms with Crippen LogP contribution in [0.15, 0.2) is 24.3 Å². The molecular weight excluding hydrogens is 252 g/mol. The van der Waals surface area contributed by atoms with E-state index in [2.05, 4.69) is 10.6 Å². The molecule has 0 saturated heterocycles. The Kier molecular flexibility index (Phi) is 5.15. The molecule has 1 aliphatic rings. The van der Waals surface area contributed by atoms with Crippen LogP contribution < -0.4 is 10.6 Å². The van der Waals surface area contributed by atoms with Gasteiger partial charge in [-0.1, -0.05) is 17.7 Å². The summed E-state index contributed by atoms with van der Waals surface area (Å²) in [5.74, 6) is 0.0106. The number of rotatable bonds is 8. The molecule has 1 aliphatic carbocycles. The van der Waals surface area contributed by atoms with E-state index in [1.54, 1.807) is 7.11 Å². The van der Waals surface area contributed by atoms with Crippen LogP contribution in [0.3, 0.4) is 0 Å². The van der Waals surface area contributed by atoms with Crippen molar-refractivity contribution in [3.8, 4) is 0 Å². The molecule has 1 aromatic rings. The van der Waals surface area contributed by atoms with Crippen LogP contribution in [-0.2, 0) is 9.53 Å². The molecule has 1 fully saturated rings. The first-order valence-electron chi connectivity index (χ1n) is 7.20. The minimum Gasteiger partial charge on any atom is -0.385 e. The Bertz CT molecular complexity index is 438. The zero-order valence-corrected chi connectivity index (χ0v) is 12.4. The van der Waals surface area contributed by atoms with Crippen LogP contribution >= 0.6 is 0 Å². The summed E-state index contributed by atoms with van der Waals surface area (Å²) in [5, 5.41) is 6.15. The van der Waals surface area contributed by atoms with Crippen molar-refractivity contribution in [2.45, 2.75) is 26.2 Å². The maximum atomic E-state index is 11.8. The van der Waals surface area contributed by atoms with Crippen molar-refractivity contribution in [3.05, 3.63) is 29.8 Å². The molecule has 2 rings (SSSR count). The number of nitrogens with one attached hydrogen (secondary N) is 2. The highest BCUT2D eigenvalue weighted by Crippen LogP contribution is 2.48. The standard InChI is InChI=1S/C16H24N2O2/c1-13-3-5-14(6-4-13)18-15(19)11-17-12-16(7-8-16)9-10-20-2/h3-6,17H,7-12H2,1-2H3,(H,18,19). The van der Waals surface area contributed by atoms with Gasteiger partial charge in [0.2, 0.25) is 5.91 Å². The lowest BCUT2D eigenvalue weighted by Gasteiger charge is -2.15. The normalized spacial score (nSPS) is 15.9. The summed E-state index contributed by atoms with van der Waals surface area (Å²) in [4.78, 5) is 11.8. The third-order valence-corrected chi connectivity index (χ3v) is 3.91. The zero-order chi connectivity index (χ0) is 14.4. The number of hydrogen-bond donors (Lipinski definition) is 2. The summed E-state index contributed by atoms with van der Waals surface area (Å²) >= 11 is 0. The SMILES string of the molecule is COCCC1(CNCC(=O)Nc2ccc(C)cc2)CC1. The highest BCUT2D eigenvalue weighted by molar-refractivity contribution is 5.92. The second kappa shape index (κ2) is 6.86. The van der Waals surface area contributed by atoms with Crippen LogP contribution in [0.5, 0.6) is 0 Å². The zero-order valence-electron chi connectivity index (χ0n) is 12.4. The molecule has 0 atom stereocenters. The minimum atomic E-state index is 0.0106. The molecule has 0 spiro atoms. The lowest BCUT2D eigenvalue weighted by molar-refractivity contribution is -0.115. The van der Waals surface area contributed by atoms with E-state index in [0.717, 1.165) is 25.3 Å². The predicted octanol–water partition coefficient (Wildman–Crippen LogP) is 2.34. The minimum absolute atomic E-state index is 0.0106. The van der Waals surface area contributed by atoms with Crippen molar-refractivity contribution >= 4 is 11.6 Å². The Balaban J connectivity index is 1.66. The summed E-state index contributed by atoms with van der Waals surface area (Å²) in [6.07, 6.45) is 3.56. The number of carbonyl (C=O) groups is 1. The fourth-order valence-electron chi connectivity index (χ4n) is 2.29. The molecule has 2 N–H and O–H groups in total. The summed E-state index contributed by atoms with van der Waals surface area (Å²) in [5.41, 5.74) is 2.41. The molecule has 0 aliphatic heterocycles. The smallest absolute Gasteiger partial charge is 0.238 e. The highest BCUT2D eigenvalue weighted by Gasteiger charge is 2.41. The molecule has 4 nitrogen and oxygen atoms in total. The summed E-state index contributed by atoms with van der Waals surface area (Å²) in [6.45, 7) is 4.10. The van der Waals surface area contributed by atoms with Gasteiger partial charge in [-0.3, -0.25) is 4.79 Å². The van der Waals surface area contributed by atoms with Gasteiger partial charge in [0, 0.05) is 25.9 Å². The lowest BCUT2D eigenvalue weighted by atomic mass is 10.0. The molecule has 1 saturated carbocycles. The van der Waals surface area contributed by atoms with Crippen LogP contribution in [0.1, 0.15) is 24.8 Å². The summed E-state index contributed by atoms with van der Waals surface area (Å²) in [6, 6.07) is 7.84. The molecular formula is C16H24N2O2. The average molecular weight is 276 g/mol. The van der Waals surface area contributed by atoms with Crippen LogP contribution in [-0.4, -0.2) is 32.7 Å². The van der Waals surface area contributed by atoms with Gasteiger partial charge in [0.25, 0.3) is 0 Å². The Morgan fingerprint density at radius 1 is 1.30 bits per heavy atom. The van der Waals surface area contributed by atoms with E-state index in [1.165, 1.54) is 18.4 Å². The van der Waals surface area contributed by atoms with Gasteiger partial charge in [-0.2, -0.15) is 0 Å². The number of anilines is 1. The van der Waals surface area contributed by atoms with E-state index in [9.17, 15) is 4.79 Å². The van der Waals surface area contributed by atoms with Crippen molar-refractivity contribution in [1.29, 1.82) is 0 Å². The molecule has 1 amide bonds.